The first-order chi connectivity index (χ1) is 8.31. The van der Waals surface area contributed by atoms with Crippen LogP contribution >= 0.6 is 0 Å². The van der Waals surface area contributed by atoms with Gasteiger partial charge in [0.1, 0.15) is 0 Å². The third-order valence-electron chi connectivity index (χ3n) is 1.88. The van der Waals surface area contributed by atoms with Crippen molar-refractivity contribution in [3.05, 3.63) is 23.8 Å². The fourth-order valence-electron chi connectivity index (χ4n) is 1.17. The fourth-order valence-corrected chi connectivity index (χ4v) is 1.52. The molecule has 0 bridgehead atoms. The zero-order valence-electron chi connectivity index (χ0n) is 9.72. The number of ether oxygens (including phenoxy) is 2. The Morgan fingerprint density at radius 3 is 2.44 bits per heavy atom. The summed E-state index contributed by atoms with van der Waals surface area (Å²) in [6.45, 7) is -3.26. The molecule has 0 aliphatic rings. The third kappa shape index (κ3) is 4.84. The lowest BCUT2D eigenvalue weighted by atomic mass is 10.2. The maximum Gasteiger partial charge on any atom is 0.387 e. The lowest BCUT2D eigenvalue weighted by molar-refractivity contribution is -0.0512. The van der Waals surface area contributed by atoms with Crippen molar-refractivity contribution in [2.24, 2.45) is 0 Å². The second-order valence-corrected chi connectivity index (χ2v) is 4.97. The molecule has 0 heterocycles. The van der Waals surface area contributed by atoms with E-state index in [-0.39, 0.29) is 18.1 Å². The van der Waals surface area contributed by atoms with Crippen LogP contribution in [0.2, 0.25) is 0 Å². The van der Waals surface area contributed by atoms with Crippen LogP contribution in [-0.4, -0.2) is 28.4 Å². The Hall–Kier alpha value is -1.41. The van der Waals surface area contributed by atoms with Crippen LogP contribution in [0.5, 0.6) is 11.5 Å². The van der Waals surface area contributed by atoms with Crippen LogP contribution in [0.1, 0.15) is 5.56 Å². The number of hydrogen-bond donors (Lipinski definition) is 0. The molecule has 8 heteroatoms. The van der Waals surface area contributed by atoms with E-state index in [2.05, 4.69) is 8.92 Å². The molecule has 0 aliphatic heterocycles. The Morgan fingerprint density at radius 1 is 1.28 bits per heavy atom. The van der Waals surface area contributed by atoms with Crippen molar-refractivity contribution in [3.8, 4) is 11.5 Å². The number of halogens is 2. The fraction of sp³-hybridized carbons (Fsp3) is 0.400. The zero-order chi connectivity index (χ0) is 13.8. The first-order valence-corrected chi connectivity index (χ1v) is 6.59. The second-order valence-electron chi connectivity index (χ2n) is 3.33. The minimum Gasteiger partial charge on any atom is -0.493 e. The Balaban J connectivity index is 2.88. The van der Waals surface area contributed by atoms with E-state index in [0.29, 0.717) is 5.56 Å². The van der Waals surface area contributed by atoms with Crippen molar-refractivity contribution < 1.29 is 30.9 Å². The van der Waals surface area contributed by atoms with E-state index in [4.69, 9.17) is 4.74 Å². The summed E-state index contributed by atoms with van der Waals surface area (Å²) in [6.07, 6.45) is 0.896. The SMILES string of the molecule is COc1ccc(COS(C)(=O)=O)cc1OC(F)F. The number of alkyl halides is 2. The summed E-state index contributed by atoms with van der Waals surface area (Å²) in [6, 6.07) is 4.11. The highest BCUT2D eigenvalue weighted by Crippen LogP contribution is 2.29. The van der Waals surface area contributed by atoms with Crippen molar-refractivity contribution in [1.29, 1.82) is 0 Å². The van der Waals surface area contributed by atoms with E-state index >= 15 is 0 Å². The van der Waals surface area contributed by atoms with Gasteiger partial charge in [-0.1, -0.05) is 6.07 Å². The van der Waals surface area contributed by atoms with Crippen LogP contribution in [0.25, 0.3) is 0 Å². The van der Waals surface area contributed by atoms with Crippen molar-refractivity contribution in [3.63, 3.8) is 0 Å². The van der Waals surface area contributed by atoms with Gasteiger partial charge in [-0.15, -0.1) is 0 Å². The maximum absolute atomic E-state index is 12.1. The molecule has 0 amide bonds. The Kier molecular flexibility index (Phi) is 4.85. The highest BCUT2D eigenvalue weighted by atomic mass is 32.2. The molecular weight excluding hydrogens is 270 g/mol. The van der Waals surface area contributed by atoms with Crippen LogP contribution in [0.15, 0.2) is 18.2 Å². The van der Waals surface area contributed by atoms with Gasteiger partial charge in [-0.05, 0) is 17.7 Å². The number of benzene rings is 1. The second kappa shape index (κ2) is 5.96. The number of rotatable bonds is 6. The molecule has 18 heavy (non-hydrogen) atoms. The molecule has 1 aromatic carbocycles. The predicted molar refractivity (Wildman–Crippen MR) is 59.3 cm³/mol. The molecule has 5 nitrogen and oxygen atoms in total. The standard InChI is InChI=1S/C10H12F2O5S/c1-15-8-4-3-7(6-16-18(2,13)14)5-9(8)17-10(11)12/h3-5,10H,6H2,1-2H3. The molecule has 0 fully saturated rings. The van der Waals surface area contributed by atoms with Crippen molar-refractivity contribution in [2.45, 2.75) is 13.2 Å². The number of methoxy groups -OCH3 is 1. The molecule has 1 rings (SSSR count). The normalized spacial score (nSPS) is 11.6. The van der Waals surface area contributed by atoms with Gasteiger partial charge in [0.15, 0.2) is 11.5 Å². The summed E-state index contributed by atoms with van der Waals surface area (Å²) in [5.41, 5.74) is 0.372. The molecule has 0 radical (unpaired) electrons. The van der Waals surface area contributed by atoms with E-state index in [1.807, 2.05) is 0 Å². The van der Waals surface area contributed by atoms with Crippen molar-refractivity contribution in [1.82, 2.24) is 0 Å². The van der Waals surface area contributed by atoms with Gasteiger partial charge in [0, 0.05) is 0 Å². The van der Waals surface area contributed by atoms with Gasteiger partial charge in [-0.25, -0.2) is 0 Å². The van der Waals surface area contributed by atoms with Crippen LogP contribution in [-0.2, 0) is 20.9 Å². The van der Waals surface area contributed by atoms with E-state index < -0.39 is 16.7 Å². The molecule has 0 unspecified atom stereocenters. The molecule has 1 aromatic rings. The number of hydrogen-bond acceptors (Lipinski definition) is 5. The monoisotopic (exact) mass is 282 g/mol. The Bertz CT molecular complexity index is 501. The minimum atomic E-state index is -3.59. The largest absolute Gasteiger partial charge is 0.493 e. The zero-order valence-corrected chi connectivity index (χ0v) is 10.5. The van der Waals surface area contributed by atoms with Crippen LogP contribution in [0.3, 0.4) is 0 Å². The van der Waals surface area contributed by atoms with Gasteiger partial charge in [0.05, 0.1) is 20.0 Å². The quantitative estimate of drug-likeness (QED) is 0.744. The predicted octanol–water partition coefficient (Wildman–Crippen LogP) is 1.77. The van der Waals surface area contributed by atoms with E-state index in [1.165, 1.54) is 25.3 Å². The lowest BCUT2D eigenvalue weighted by Crippen LogP contribution is -2.06. The van der Waals surface area contributed by atoms with Crippen LogP contribution < -0.4 is 9.47 Å². The molecule has 102 valence electrons. The van der Waals surface area contributed by atoms with E-state index in [1.54, 1.807) is 0 Å². The van der Waals surface area contributed by atoms with Gasteiger partial charge in [0.25, 0.3) is 10.1 Å². The molecule has 0 aliphatic carbocycles. The van der Waals surface area contributed by atoms with Gasteiger partial charge in [-0.3, -0.25) is 4.18 Å². The maximum atomic E-state index is 12.1. The van der Waals surface area contributed by atoms with Gasteiger partial charge in [0.2, 0.25) is 0 Å². The molecular formula is C10H12F2O5S. The summed E-state index contributed by atoms with van der Waals surface area (Å²) in [7, 11) is -2.29. The van der Waals surface area contributed by atoms with Gasteiger partial charge < -0.3 is 9.47 Å². The Morgan fingerprint density at radius 2 is 1.94 bits per heavy atom. The third-order valence-corrected chi connectivity index (χ3v) is 2.43. The summed E-state index contributed by atoms with van der Waals surface area (Å²) in [5, 5.41) is 0. The van der Waals surface area contributed by atoms with Gasteiger partial charge >= 0.3 is 6.61 Å². The van der Waals surface area contributed by atoms with E-state index in [0.717, 1.165) is 6.26 Å². The molecule has 0 N–H and O–H groups in total. The minimum absolute atomic E-state index is 0.124. The molecule has 0 aromatic heterocycles. The molecule has 0 spiro atoms. The lowest BCUT2D eigenvalue weighted by Gasteiger charge is -2.11. The van der Waals surface area contributed by atoms with Crippen molar-refractivity contribution >= 4 is 10.1 Å². The topological polar surface area (TPSA) is 61.8 Å². The summed E-state index contributed by atoms with van der Waals surface area (Å²) in [4.78, 5) is 0. The summed E-state index contributed by atoms with van der Waals surface area (Å²) >= 11 is 0. The smallest absolute Gasteiger partial charge is 0.387 e. The summed E-state index contributed by atoms with van der Waals surface area (Å²) < 4.78 is 59.5. The van der Waals surface area contributed by atoms with Crippen LogP contribution in [0.4, 0.5) is 8.78 Å². The highest BCUT2D eigenvalue weighted by molar-refractivity contribution is 7.85. The highest BCUT2D eigenvalue weighted by Gasteiger charge is 2.12. The molecule has 0 saturated carbocycles. The van der Waals surface area contributed by atoms with Crippen LogP contribution in [0, 0.1) is 0 Å². The average molecular weight is 282 g/mol. The first-order valence-electron chi connectivity index (χ1n) is 4.78. The van der Waals surface area contributed by atoms with E-state index in [9.17, 15) is 17.2 Å². The molecule has 0 atom stereocenters. The molecule has 0 saturated heterocycles. The first kappa shape index (κ1) is 14.7. The van der Waals surface area contributed by atoms with Gasteiger partial charge in [-0.2, -0.15) is 17.2 Å². The average Bonchev–Trinajstić information content (AvgIpc) is 2.25. The summed E-state index contributed by atoms with van der Waals surface area (Å²) in [5.74, 6) is -0.0551. The van der Waals surface area contributed by atoms with Crippen molar-refractivity contribution in [2.75, 3.05) is 13.4 Å². The Labute approximate surface area is 103 Å².